The Morgan fingerprint density at radius 3 is 2.45 bits per heavy atom. The number of rotatable bonds is 6. The number of nitrogens with one attached hydrogen (secondary N) is 3. The normalized spacial score (nSPS) is 12.0. The number of halogens is 3. The van der Waals surface area contributed by atoms with Gasteiger partial charge in [0.05, 0.1) is 11.6 Å². The molecule has 0 aliphatic carbocycles. The molecule has 0 saturated carbocycles. The molecule has 2 rings (SSSR count). The Kier molecular flexibility index (Phi) is 6.85. The van der Waals surface area contributed by atoms with Crippen LogP contribution < -0.4 is 26.9 Å². The molecular formula is C17H16F3N5O4. The lowest BCUT2D eigenvalue weighted by Crippen LogP contribution is -2.52. The number of carbonyl (C=O) groups excluding carboxylic acids is 3. The average molecular weight is 411 g/mol. The van der Waals surface area contributed by atoms with Crippen LogP contribution >= 0.6 is 0 Å². The van der Waals surface area contributed by atoms with Gasteiger partial charge in [-0.3, -0.25) is 25.2 Å². The van der Waals surface area contributed by atoms with E-state index >= 15 is 0 Å². The fourth-order valence-corrected chi connectivity index (χ4v) is 2.05. The van der Waals surface area contributed by atoms with Gasteiger partial charge in [0.25, 0.3) is 0 Å². The number of amides is 2. The van der Waals surface area contributed by atoms with Gasteiger partial charge in [-0.2, -0.15) is 13.2 Å². The highest BCUT2D eigenvalue weighted by Gasteiger charge is 2.30. The van der Waals surface area contributed by atoms with Crippen LogP contribution in [0.15, 0.2) is 42.5 Å². The summed E-state index contributed by atoms with van der Waals surface area (Å²) in [7, 11) is 0. The first-order valence-electron chi connectivity index (χ1n) is 8.04. The first-order chi connectivity index (χ1) is 13.6. The molecule has 12 heteroatoms. The largest absolute Gasteiger partial charge is 0.439 e. The molecule has 0 bridgehead atoms. The van der Waals surface area contributed by atoms with Crippen LogP contribution in [0.4, 0.5) is 13.2 Å². The second-order valence-corrected chi connectivity index (χ2v) is 5.65. The third-order valence-electron chi connectivity index (χ3n) is 3.49. The Morgan fingerprint density at radius 2 is 1.79 bits per heavy atom. The van der Waals surface area contributed by atoms with Gasteiger partial charge < -0.3 is 4.74 Å². The number of pyridine rings is 1. The Labute approximate surface area is 162 Å². The van der Waals surface area contributed by atoms with E-state index in [1.165, 1.54) is 37.3 Å². The molecule has 1 aromatic heterocycles. The monoisotopic (exact) mass is 411 g/mol. The molecule has 0 aliphatic heterocycles. The molecule has 1 unspecified atom stereocenters. The van der Waals surface area contributed by atoms with Gasteiger partial charge in [0, 0.05) is 6.07 Å². The molecule has 0 spiro atoms. The summed E-state index contributed by atoms with van der Waals surface area (Å²) in [6.07, 6.45) is -4.53. The third kappa shape index (κ3) is 5.99. The first-order valence-corrected chi connectivity index (χ1v) is 8.04. The summed E-state index contributed by atoms with van der Waals surface area (Å²) in [6, 6.07) is 7.35. The zero-order chi connectivity index (χ0) is 21.6. The predicted molar refractivity (Wildman–Crippen MR) is 93.2 cm³/mol. The summed E-state index contributed by atoms with van der Waals surface area (Å²) in [5, 5.41) is 0. The summed E-state index contributed by atoms with van der Waals surface area (Å²) in [5.41, 5.74) is 4.96. The van der Waals surface area contributed by atoms with Crippen LogP contribution in [0.3, 0.4) is 0 Å². The number of hydrogen-bond acceptors (Lipinski definition) is 7. The van der Waals surface area contributed by atoms with Crippen molar-refractivity contribution in [3.05, 3.63) is 53.7 Å². The first kappa shape index (κ1) is 21.8. The average Bonchev–Trinajstić information content (AvgIpc) is 2.70. The smallest absolute Gasteiger partial charge is 0.416 e. The molecule has 1 heterocycles. The van der Waals surface area contributed by atoms with Crippen LogP contribution in [-0.2, 0) is 15.8 Å². The third-order valence-corrected chi connectivity index (χ3v) is 3.49. The number of ketones is 1. The number of hydrogen-bond donors (Lipinski definition) is 4. The highest BCUT2D eigenvalue weighted by atomic mass is 19.4. The summed E-state index contributed by atoms with van der Waals surface area (Å²) in [4.78, 5) is 38.6. The highest BCUT2D eigenvalue weighted by Crippen LogP contribution is 2.32. The number of Topliss-reactive ketones (excluding diaryl/α,β-unsaturated/α-hetero) is 1. The molecule has 5 N–H and O–H groups in total. The zero-order valence-corrected chi connectivity index (χ0v) is 14.9. The lowest BCUT2D eigenvalue weighted by molar-refractivity contribution is -0.139. The van der Waals surface area contributed by atoms with Crippen LogP contribution in [0.5, 0.6) is 11.6 Å². The minimum absolute atomic E-state index is 0.0769. The Balaban J connectivity index is 2.08. The van der Waals surface area contributed by atoms with Crippen molar-refractivity contribution < 1.29 is 32.3 Å². The van der Waals surface area contributed by atoms with Crippen LogP contribution in [0.1, 0.15) is 23.0 Å². The maximum absolute atomic E-state index is 12.8. The number of hydrazine groups is 2. The molecule has 29 heavy (non-hydrogen) atoms. The quantitative estimate of drug-likeness (QED) is 0.184. The Bertz CT molecular complexity index is 920. The van der Waals surface area contributed by atoms with Gasteiger partial charge in [0.1, 0.15) is 11.4 Å². The number of benzene rings is 1. The standard InChI is InChI=1S/C17H16F3N5O4/c1-9(24-25-16(28)15(27)23-21)14(26)12-6-3-7-13(22-12)29-11-5-2-4-10(8-11)17(18,19)20/h2-9,24H,21H2,1H3,(H,23,27)(H,25,28). The second kappa shape index (κ2) is 9.12. The van der Waals surface area contributed by atoms with Gasteiger partial charge >= 0.3 is 18.0 Å². The number of alkyl halides is 3. The molecular weight excluding hydrogens is 395 g/mol. The molecule has 0 saturated heterocycles. The van der Waals surface area contributed by atoms with E-state index in [0.717, 1.165) is 12.1 Å². The van der Waals surface area contributed by atoms with Crippen molar-refractivity contribution >= 4 is 17.6 Å². The fraction of sp³-hybridized carbons (Fsp3) is 0.176. The van der Waals surface area contributed by atoms with E-state index in [0.29, 0.717) is 0 Å². The van der Waals surface area contributed by atoms with E-state index in [9.17, 15) is 27.6 Å². The number of nitrogens with zero attached hydrogens (tertiary/aromatic N) is 1. The summed E-state index contributed by atoms with van der Waals surface area (Å²) in [5.74, 6) is 1.79. The topological polar surface area (TPSA) is 135 Å². The zero-order valence-electron chi connectivity index (χ0n) is 14.9. The van der Waals surface area contributed by atoms with Gasteiger partial charge in [-0.05, 0) is 31.2 Å². The van der Waals surface area contributed by atoms with Crippen molar-refractivity contribution in [2.24, 2.45) is 5.84 Å². The minimum atomic E-state index is -4.53. The van der Waals surface area contributed by atoms with Crippen LogP contribution in [0.2, 0.25) is 0 Å². The van der Waals surface area contributed by atoms with E-state index in [1.807, 2.05) is 5.43 Å². The number of aromatic nitrogens is 1. The maximum atomic E-state index is 12.8. The number of ether oxygens (including phenoxy) is 1. The lowest BCUT2D eigenvalue weighted by atomic mass is 10.1. The van der Waals surface area contributed by atoms with E-state index in [4.69, 9.17) is 10.6 Å². The van der Waals surface area contributed by atoms with Gasteiger partial charge in [-0.25, -0.2) is 16.3 Å². The van der Waals surface area contributed by atoms with E-state index < -0.39 is 35.4 Å². The SMILES string of the molecule is CC(NNC(=O)C(=O)NN)C(=O)c1cccc(Oc2cccc(C(F)(F)F)c2)n1. The minimum Gasteiger partial charge on any atom is -0.439 e. The Hall–Kier alpha value is -3.51. The van der Waals surface area contributed by atoms with E-state index in [1.54, 1.807) is 5.43 Å². The highest BCUT2D eigenvalue weighted by molar-refractivity contribution is 6.34. The van der Waals surface area contributed by atoms with Crippen LogP contribution in [0, 0.1) is 0 Å². The fourth-order valence-electron chi connectivity index (χ4n) is 2.05. The summed E-state index contributed by atoms with van der Waals surface area (Å²) in [6.45, 7) is 1.39. The van der Waals surface area contributed by atoms with Crippen LogP contribution in [0.25, 0.3) is 0 Å². The number of carbonyl (C=O) groups is 3. The molecule has 0 radical (unpaired) electrons. The van der Waals surface area contributed by atoms with Crippen molar-refractivity contribution in [3.63, 3.8) is 0 Å². The summed E-state index contributed by atoms with van der Waals surface area (Å²) < 4.78 is 43.7. The van der Waals surface area contributed by atoms with E-state index in [-0.39, 0.29) is 17.3 Å². The predicted octanol–water partition coefficient (Wildman–Crippen LogP) is 1.07. The molecule has 0 aliphatic rings. The van der Waals surface area contributed by atoms with Gasteiger partial charge in [-0.15, -0.1) is 0 Å². The van der Waals surface area contributed by atoms with Crippen molar-refractivity contribution in [2.75, 3.05) is 0 Å². The number of nitrogens with two attached hydrogens (primary N) is 1. The van der Waals surface area contributed by atoms with Gasteiger partial charge in [0.2, 0.25) is 5.88 Å². The lowest BCUT2D eigenvalue weighted by Gasteiger charge is -2.13. The van der Waals surface area contributed by atoms with Crippen LogP contribution in [-0.4, -0.2) is 28.6 Å². The van der Waals surface area contributed by atoms with Gasteiger partial charge in [-0.1, -0.05) is 12.1 Å². The van der Waals surface area contributed by atoms with Crippen molar-refractivity contribution in [1.29, 1.82) is 0 Å². The van der Waals surface area contributed by atoms with Gasteiger partial charge in [0.15, 0.2) is 5.78 Å². The maximum Gasteiger partial charge on any atom is 0.416 e. The molecule has 9 nitrogen and oxygen atoms in total. The molecule has 2 aromatic rings. The molecule has 154 valence electrons. The molecule has 2 amide bonds. The van der Waals surface area contributed by atoms with Crippen molar-refractivity contribution in [3.8, 4) is 11.6 Å². The second-order valence-electron chi connectivity index (χ2n) is 5.65. The van der Waals surface area contributed by atoms with Crippen molar-refractivity contribution in [1.82, 2.24) is 21.3 Å². The summed E-state index contributed by atoms with van der Waals surface area (Å²) >= 11 is 0. The molecule has 1 atom stereocenters. The Morgan fingerprint density at radius 1 is 1.10 bits per heavy atom. The van der Waals surface area contributed by atoms with Crippen molar-refractivity contribution in [2.45, 2.75) is 19.1 Å². The van der Waals surface area contributed by atoms with E-state index in [2.05, 4.69) is 10.4 Å². The molecule has 0 fully saturated rings. The molecule has 1 aromatic carbocycles.